The number of aryl methyl sites for hydroxylation is 1. The van der Waals surface area contributed by atoms with Crippen molar-refractivity contribution < 1.29 is 4.74 Å². The zero-order valence-corrected chi connectivity index (χ0v) is 12.1. The molecule has 2 atom stereocenters. The van der Waals surface area contributed by atoms with Crippen molar-refractivity contribution in [3.8, 4) is 0 Å². The Morgan fingerprint density at radius 3 is 2.56 bits per heavy atom. The summed E-state index contributed by atoms with van der Waals surface area (Å²) >= 11 is 2.35. The summed E-state index contributed by atoms with van der Waals surface area (Å²) in [7, 11) is 2.00. The minimum atomic E-state index is 0.328. The third-order valence-corrected chi connectivity index (χ3v) is 3.78. The van der Waals surface area contributed by atoms with E-state index in [4.69, 9.17) is 4.74 Å². The van der Waals surface area contributed by atoms with Gasteiger partial charge in [0.2, 0.25) is 0 Å². The Labute approximate surface area is 110 Å². The summed E-state index contributed by atoms with van der Waals surface area (Å²) < 4.78 is 8.94. The minimum Gasteiger partial charge on any atom is -0.373 e. The van der Waals surface area contributed by atoms with E-state index in [-0.39, 0.29) is 0 Å². The van der Waals surface area contributed by atoms with Crippen molar-refractivity contribution in [2.45, 2.75) is 32.6 Å². The van der Waals surface area contributed by atoms with Gasteiger partial charge in [0.1, 0.15) is 0 Å². The Kier molecular flexibility index (Phi) is 3.86. The van der Waals surface area contributed by atoms with Gasteiger partial charge in [0.15, 0.2) is 0 Å². The summed E-state index contributed by atoms with van der Waals surface area (Å²) in [5.74, 6) is 0. The van der Waals surface area contributed by atoms with Gasteiger partial charge in [0.05, 0.1) is 27.7 Å². The van der Waals surface area contributed by atoms with Gasteiger partial charge in [0, 0.05) is 26.7 Å². The molecule has 1 fully saturated rings. The van der Waals surface area contributed by atoms with Crippen molar-refractivity contribution in [3.05, 3.63) is 15.5 Å². The molecule has 0 amide bonds. The average Bonchev–Trinajstić information content (AvgIpc) is 2.48. The highest BCUT2D eigenvalue weighted by Crippen LogP contribution is 2.17. The van der Waals surface area contributed by atoms with Crippen LogP contribution in [-0.4, -0.2) is 40.0 Å². The number of ether oxygens (including phenoxy) is 1. The summed E-state index contributed by atoms with van der Waals surface area (Å²) in [5, 5.41) is 4.27. The molecule has 0 saturated carbocycles. The first-order valence-corrected chi connectivity index (χ1v) is 6.68. The minimum absolute atomic E-state index is 0.328. The van der Waals surface area contributed by atoms with E-state index in [0.717, 1.165) is 19.6 Å². The molecular weight excluding hydrogens is 317 g/mol. The van der Waals surface area contributed by atoms with Gasteiger partial charge < -0.3 is 4.74 Å². The van der Waals surface area contributed by atoms with Crippen molar-refractivity contribution >= 4 is 22.6 Å². The SMILES string of the molecule is C[C@H]1CN(Cc2c(I)cnn2C)C[C@H](C)O1. The number of aromatic nitrogens is 2. The molecule has 0 N–H and O–H groups in total. The first-order valence-electron chi connectivity index (χ1n) is 5.60. The van der Waals surface area contributed by atoms with Gasteiger partial charge in [-0.05, 0) is 36.4 Å². The molecule has 2 rings (SSSR count). The monoisotopic (exact) mass is 335 g/mol. The molecule has 0 spiro atoms. The van der Waals surface area contributed by atoms with Crippen LogP contribution in [0.4, 0.5) is 0 Å². The molecule has 1 saturated heterocycles. The molecule has 4 nitrogen and oxygen atoms in total. The van der Waals surface area contributed by atoms with Crippen molar-refractivity contribution in [3.63, 3.8) is 0 Å². The lowest BCUT2D eigenvalue weighted by Gasteiger charge is -2.35. The lowest BCUT2D eigenvalue weighted by Crippen LogP contribution is -2.45. The fourth-order valence-electron chi connectivity index (χ4n) is 2.24. The fraction of sp³-hybridized carbons (Fsp3) is 0.727. The number of hydrogen-bond donors (Lipinski definition) is 0. The highest BCUT2D eigenvalue weighted by atomic mass is 127. The Hall–Kier alpha value is -0.140. The summed E-state index contributed by atoms with van der Waals surface area (Å²) in [6.07, 6.45) is 2.58. The van der Waals surface area contributed by atoms with Gasteiger partial charge in [-0.1, -0.05) is 0 Å². The summed E-state index contributed by atoms with van der Waals surface area (Å²) in [4.78, 5) is 2.44. The maximum atomic E-state index is 5.73. The van der Waals surface area contributed by atoms with Gasteiger partial charge in [-0.3, -0.25) is 9.58 Å². The van der Waals surface area contributed by atoms with Gasteiger partial charge >= 0.3 is 0 Å². The fourth-order valence-corrected chi connectivity index (χ4v) is 2.88. The van der Waals surface area contributed by atoms with Crippen LogP contribution < -0.4 is 0 Å². The first-order chi connectivity index (χ1) is 7.56. The number of morpholine rings is 1. The van der Waals surface area contributed by atoms with Crippen LogP contribution in [-0.2, 0) is 18.3 Å². The molecule has 1 aromatic heterocycles. The largest absolute Gasteiger partial charge is 0.373 e. The van der Waals surface area contributed by atoms with E-state index in [9.17, 15) is 0 Å². The molecule has 90 valence electrons. The highest BCUT2D eigenvalue weighted by molar-refractivity contribution is 14.1. The standard InChI is InChI=1S/C11H18IN3O/c1-8-5-15(6-9(2)16-8)7-11-10(12)4-13-14(11)3/h4,8-9H,5-7H2,1-3H3/t8-,9-/m0/s1. The van der Waals surface area contributed by atoms with E-state index in [0.29, 0.717) is 12.2 Å². The summed E-state index contributed by atoms with van der Waals surface area (Å²) in [6.45, 7) is 7.25. The lowest BCUT2D eigenvalue weighted by atomic mass is 10.2. The Bertz CT molecular complexity index is 337. The maximum absolute atomic E-state index is 5.73. The predicted octanol–water partition coefficient (Wildman–Crippen LogP) is 1.63. The summed E-state index contributed by atoms with van der Waals surface area (Å²) in [6, 6.07) is 0. The number of rotatable bonds is 2. The lowest BCUT2D eigenvalue weighted by molar-refractivity contribution is -0.0710. The molecule has 0 radical (unpaired) electrons. The van der Waals surface area contributed by atoms with Gasteiger partial charge in [0.25, 0.3) is 0 Å². The Balaban J connectivity index is 2.04. The van der Waals surface area contributed by atoms with Crippen LogP contribution in [0.2, 0.25) is 0 Å². The van der Waals surface area contributed by atoms with Gasteiger partial charge in [-0.2, -0.15) is 5.10 Å². The molecule has 5 heteroatoms. The number of nitrogens with zero attached hydrogens (tertiary/aromatic N) is 3. The van der Waals surface area contributed by atoms with E-state index < -0.39 is 0 Å². The molecule has 1 aliphatic rings. The van der Waals surface area contributed by atoms with Crippen molar-refractivity contribution in [2.75, 3.05) is 13.1 Å². The smallest absolute Gasteiger partial charge is 0.0678 e. The van der Waals surface area contributed by atoms with E-state index in [1.807, 2.05) is 17.9 Å². The molecule has 0 unspecified atom stereocenters. The van der Waals surface area contributed by atoms with E-state index in [1.165, 1.54) is 9.26 Å². The van der Waals surface area contributed by atoms with E-state index in [1.54, 1.807) is 0 Å². The number of halogens is 1. The second kappa shape index (κ2) is 5.01. The van der Waals surface area contributed by atoms with Gasteiger partial charge in [-0.15, -0.1) is 0 Å². The molecule has 1 aromatic rings. The third-order valence-electron chi connectivity index (χ3n) is 2.88. The second-order valence-corrected chi connectivity index (χ2v) is 5.68. The van der Waals surface area contributed by atoms with Crippen molar-refractivity contribution in [2.24, 2.45) is 7.05 Å². The van der Waals surface area contributed by atoms with Crippen LogP contribution in [0.15, 0.2) is 6.20 Å². The summed E-state index contributed by atoms with van der Waals surface area (Å²) in [5.41, 5.74) is 1.29. The normalized spacial score (nSPS) is 27.2. The predicted molar refractivity (Wildman–Crippen MR) is 71.2 cm³/mol. The molecule has 16 heavy (non-hydrogen) atoms. The van der Waals surface area contributed by atoms with Crippen LogP contribution in [0, 0.1) is 3.57 Å². The van der Waals surface area contributed by atoms with Crippen LogP contribution in [0.3, 0.4) is 0 Å². The van der Waals surface area contributed by atoms with Crippen LogP contribution in [0.25, 0.3) is 0 Å². The highest BCUT2D eigenvalue weighted by Gasteiger charge is 2.23. The van der Waals surface area contributed by atoms with E-state index in [2.05, 4.69) is 46.4 Å². The molecule has 2 heterocycles. The molecule has 0 aromatic carbocycles. The zero-order chi connectivity index (χ0) is 11.7. The Morgan fingerprint density at radius 1 is 1.44 bits per heavy atom. The molecule has 1 aliphatic heterocycles. The van der Waals surface area contributed by atoms with Gasteiger partial charge in [-0.25, -0.2) is 0 Å². The third kappa shape index (κ3) is 2.75. The van der Waals surface area contributed by atoms with Crippen molar-refractivity contribution in [1.82, 2.24) is 14.7 Å². The number of hydrogen-bond acceptors (Lipinski definition) is 3. The first kappa shape index (κ1) is 12.3. The van der Waals surface area contributed by atoms with Crippen molar-refractivity contribution in [1.29, 1.82) is 0 Å². The van der Waals surface area contributed by atoms with E-state index >= 15 is 0 Å². The maximum Gasteiger partial charge on any atom is 0.0678 e. The van der Waals surface area contributed by atoms with Crippen LogP contribution >= 0.6 is 22.6 Å². The van der Waals surface area contributed by atoms with Crippen LogP contribution in [0.5, 0.6) is 0 Å². The average molecular weight is 335 g/mol. The topological polar surface area (TPSA) is 30.3 Å². The second-order valence-electron chi connectivity index (χ2n) is 4.51. The molecule has 0 bridgehead atoms. The van der Waals surface area contributed by atoms with Crippen LogP contribution in [0.1, 0.15) is 19.5 Å². The molecule has 0 aliphatic carbocycles. The molecular formula is C11H18IN3O. The zero-order valence-electron chi connectivity index (χ0n) is 9.98. The quantitative estimate of drug-likeness (QED) is 0.770. The Morgan fingerprint density at radius 2 is 2.06 bits per heavy atom.